The molecule has 0 aromatic heterocycles. The Labute approximate surface area is 500 Å². The standard InChI is InChI=1S/C72H133NO8/c1-3-5-7-9-11-13-15-17-19-21-23-25-27-29-31-32-33-34-36-37-39-41-43-45-47-49-51-53-55-57-59-61-66(75)65(64-80-72-71(79)70(78)69(77)67(63-74)81-72)73-68(76)62-60-58-56-54-52-50-48-46-44-42-40-38-35-30-28-26-24-22-20-18-16-14-12-10-8-6-4-2/h6,8,12,14,18,20,24,26,59,61,65-67,69-72,74-75,77-79H,3-5,7,9-11,13,15-17,19,21-23,25,27-58,60,62-64H2,1-2H3,(H,73,76)/b8-6-,14-12-,20-18-,26-24-,61-59+. The maximum Gasteiger partial charge on any atom is 0.220 e. The van der Waals surface area contributed by atoms with Crippen LogP contribution in [0.4, 0.5) is 0 Å². The Hall–Kier alpha value is -2.11. The van der Waals surface area contributed by atoms with Crippen molar-refractivity contribution in [2.45, 2.75) is 378 Å². The van der Waals surface area contributed by atoms with E-state index in [0.717, 1.165) is 64.2 Å². The van der Waals surface area contributed by atoms with Crippen LogP contribution in [0.3, 0.4) is 0 Å². The van der Waals surface area contributed by atoms with Crippen molar-refractivity contribution in [3.05, 3.63) is 60.8 Å². The molecule has 1 aliphatic rings. The van der Waals surface area contributed by atoms with E-state index in [1.165, 1.54) is 250 Å². The van der Waals surface area contributed by atoms with E-state index in [1.54, 1.807) is 6.08 Å². The third-order valence-electron chi connectivity index (χ3n) is 16.6. The molecule has 7 atom stereocenters. The van der Waals surface area contributed by atoms with Gasteiger partial charge < -0.3 is 40.3 Å². The van der Waals surface area contributed by atoms with Gasteiger partial charge in [-0.05, 0) is 57.8 Å². The summed E-state index contributed by atoms with van der Waals surface area (Å²) < 4.78 is 11.3. The molecular weight excluding hydrogens is 1010 g/mol. The molecule has 1 amide bonds. The number of carbonyl (C=O) groups excluding carboxylic acids is 1. The van der Waals surface area contributed by atoms with Crippen molar-refractivity contribution in [3.8, 4) is 0 Å². The van der Waals surface area contributed by atoms with Crippen molar-refractivity contribution in [1.82, 2.24) is 5.32 Å². The minimum atomic E-state index is -1.57. The number of nitrogens with one attached hydrogen (secondary N) is 1. The molecule has 1 rings (SSSR count). The SMILES string of the molecule is CC/C=C\C/C=C\C/C=C\C/C=C\CCCCCCCCCCCCCCCCC(=O)NC(COC1OC(CO)C(O)C(O)C1O)C(O)/C=C/CCCCCCCCCCCCCCCCCCCCCCCCCCCCCCC. The Morgan fingerprint density at radius 1 is 0.432 bits per heavy atom. The van der Waals surface area contributed by atoms with Gasteiger partial charge in [0.05, 0.1) is 25.4 Å². The van der Waals surface area contributed by atoms with E-state index in [4.69, 9.17) is 9.47 Å². The van der Waals surface area contributed by atoms with Crippen LogP contribution in [0.25, 0.3) is 0 Å². The second-order valence-electron chi connectivity index (χ2n) is 24.3. The second kappa shape index (κ2) is 61.0. The van der Waals surface area contributed by atoms with Crippen LogP contribution in [0.1, 0.15) is 335 Å². The van der Waals surface area contributed by atoms with Crippen molar-refractivity contribution in [1.29, 1.82) is 0 Å². The van der Waals surface area contributed by atoms with Gasteiger partial charge in [0.1, 0.15) is 24.4 Å². The number of hydrogen-bond donors (Lipinski definition) is 6. The number of amides is 1. The zero-order valence-electron chi connectivity index (χ0n) is 53.0. The van der Waals surface area contributed by atoms with Gasteiger partial charge >= 0.3 is 0 Å². The molecular formula is C72H133NO8. The first-order chi connectivity index (χ1) is 39.8. The molecule has 1 fully saturated rings. The number of unbranched alkanes of at least 4 members (excludes halogenated alkanes) is 43. The van der Waals surface area contributed by atoms with E-state index in [1.807, 2.05) is 6.08 Å². The first kappa shape index (κ1) is 76.9. The fourth-order valence-electron chi connectivity index (χ4n) is 11.2. The van der Waals surface area contributed by atoms with Gasteiger partial charge in [0, 0.05) is 6.42 Å². The summed E-state index contributed by atoms with van der Waals surface area (Å²) in [4.78, 5) is 13.1. The lowest BCUT2D eigenvalue weighted by molar-refractivity contribution is -0.302. The number of ether oxygens (including phenoxy) is 2. The van der Waals surface area contributed by atoms with Crippen molar-refractivity contribution >= 4 is 5.91 Å². The average Bonchev–Trinajstić information content (AvgIpc) is 3.48. The zero-order valence-corrected chi connectivity index (χ0v) is 53.0. The van der Waals surface area contributed by atoms with Gasteiger partial charge in [-0.15, -0.1) is 0 Å². The Balaban J connectivity index is 2.13. The fraction of sp³-hybridized carbons (Fsp3) is 0.847. The molecule has 474 valence electrons. The topological polar surface area (TPSA) is 149 Å². The highest BCUT2D eigenvalue weighted by Gasteiger charge is 2.44. The lowest BCUT2D eigenvalue weighted by Crippen LogP contribution is -2.60. The highest BCUT2D eigenvalue weighted by atomic mass is 16.7. The van der Waals surface area contributed by atoms with Crippen molar-refractivity contribution < 1.29 is 39.8 Å². The molecule has 6 N–H and O–H groups in total. The summed E-state index contributed by atoms with van der Waals surface area (Å²) in [5.74, 6) is -0.174. The summed E-state index contributed by atoms with van der Waals surface area (Å²) in [5.41, 5.74) is 0. The van der Waals surface area contributed by atoms with Gasteiger partial charge in [-0.25, -0.2) is 0 Å². The summed E-state index contributed by atoms with van der Waals surface area (Å²) in [5, 5.41) is 54.8. The summed E-state index contributed by atoms with van der Waals surface area (Å²) in [7, 11) is 0. The summed E-state index contributed by atoms with van der Waals surface area (Å²) in [6, 6.07) is -0.809. The molecule has 0 bridgehead atoms. The van der Waals surface area contributed by atoms with E-state index < -0.39 is 49.5 Å². The van der Waals surface area contributed by atoms with Crippen LogP contribution in [0.2, 0.25) is 0 Å². The molecule has 9 heteroatoms. The number of rotatable bonds is 61. The van der Waals surface area contributed by atoms with Crippen LogP contribution >= 0.6 is 0 Å². The van der Waals surface area contributed by atoms with Gasteiger partial charge in [0.2, 0.25) is 5.91 Å². The third kappa shape index (κ3) is 49.8. The van der Waals surface area contributed by atoms with Crippen molar-refractivity contribution in [2.75, 3.05) is 13.2 Å². The summed E-state index contributed by atoms with van der Waals surface area (Å²) >= 11 is 0. The monoisotopic (exact) mass is 1140 g/mol. The first-order valence-corrected chi connectivity index (χ1v) is 35.0. The van der Waals surface area contributed by atoms with Crippen LogP contribution in [0.5, 0.6) is 0 Å². The smallest absolute Gasteiger partial charge is 0.220 e. The molecule has 0 aliphatic carbocycles. The van der Waals surface area contributed by atoms with E-state index in [-0.39, 0.29) is 12.5 Å². The first-order valence-electron chi connectivity index (χ1n) is 35.0. The van der Waals surface area contributed by atoms with Gasteiger partial charge in [0.15, 0.2) is 6.29 Å². The van der Waals surface area contributed by atoms with E-state index >= 15 is 0 Å². The van der Waals surface area contributed by atoms with Gasteiger partial charge in [-0.2, -0.15) is 0 Å². The number of aliphatic hydroxyl groups excluding tert-OH is 5. The molecule has 81 heavy (non-hydrogen) atoms. The minimum Gasteiger partial charge on any atom is -0.394 e. The molecule has 1 saturated heterocycles. The maximum atomic E-state index is 13.1. The number of allylic oxidation sites excluding steroid dienone is 9. The molecule has 9 nitrogen and oxygen atoms in total. The lowest BCUT2D eigenvalue weighted by Gasteiger charge is -2.40. The largest absolute Gasteiger partial charge is 0.394 e. The van der Waals surface area contributed by atoms with Crippen LogP contribution < -0.4 is 5.32 Å². The lowest BCUT2D eigenvalue weighted by atomic mass is 9.99. The van der Waals surface area contributed by atoms with Crippen LogP contribution in [0.15, 0.2) is 60.8 Å². The quantitative estimate of drug-likeness (QED) is 0.0261. The predicted molar refractivity (Wildman–Crippen MR) is 346 cm³/mol. The highest BCUT2D eigenvalue weighted by Crippen LogP contribution is 2.23. The summed E-state index contributed by atoms with van der Waals surface area (Å²) in [6.07, 6.45) is 77.5. The van der Waals surface area contributed by atoms with Crippen LogP contribution in [-0.4, -0.2) is 87.5 Å². The van der Waals surface area contributed by atoms with Crippen LogP contribution in [0, 0.1) is 0 Å². The maximum absolute atomic E-state index is 13.1. The molecule has 0 radical (unpaired) electrons. The molecule has 0 spiro atoms. The molecule has 1 heterocycles. The molecule has 0 aromatic carbocycles. The zero-order chi connectivity index (χ0) is 58.6. The molecule has 7 unspecified atom stereocenters. The minimum absolute atomic E-state index is 0.174. The summed E-state index contributed by atoms with van der Waals surface area (Å²) in [6.45, 7) is 3.71. The molecule has 0 aromatic rings. The average molecular weight is 1140 g/mol. The second-order valence-corrected chi connectivity index (χ2v) is 24.3. The Morgan fingerprint density at radius 3 is 1.14 bits per heavy atom. The fourth-order valence-corrected chi connectivity index (χ4v) is 11.2. The Morgan fingerprint density at radius 2 is 0.765 bits per heavy atom. The normalized spacial score (nSPS) is 18.7. The van der Waals surface area contributed by atoms with E-state index in [0.29, 0.717) is 6.42 Å². The third-order valence-corrected chi connectivity index (χ3v) is 16.6. The van der Waals surface area contributed by atoms with E-state index in [9.17, 15) is 30.3 Å². The van der Waals surface area contributed by atoms with Gasteiger partial charge in [0.25, 0.3) is 0 Å². The number of hydrogen-bond acceptors (Lipinski definition) is 8. The Kier molecular flexibility index (Phi) is 57.9. The number of carbonyl (C=O) groups is 1. The van der Waals surface area contributed by atoms with Crippen molar-refractivity contribution in [2.24, 2.45) is 0 Å². The van der Waals surface area contributed by atoms with Gasteiger partial charge in [-0.1, -0.05) is 331 Å². The number of aliphatic hydroxyl groups is 5. The Bertz CT molecular complexity index is 1460. The van der Waals surface area contributed by atoms with Gasteiger partial charge in [-0.3, -0.25) is 4.79 Å². The molecule has 0 saturated carbocycles. The van der Waals surface area contributed by atoms with Crippen molar-refractivity contribution in [3.63, 3.8) is 0 Å². The highest BCUT2D eigenvalue weighted by molar-refractivity contribution is 5.76. The van der Waals surface area contributed by atoms with E-state index in [2.05, 4.69) is 67.8 Å². The van der Waals surface area contributed by atoms with Crippen LogP contribution in [-0.2, 0) is 14.3 Å². The molecule has 1 aliphatic heterocycles. The predicted octanol–water partition coefficient (Wildman–Crippen LogP) is 19.0.